The summed E-state index contributed by atoms with van der Waals surface area (Å²) in [5, 5.41) is 4.01. The van der Waals surface area contributed by atoms with Crippen molar-refractivity contribution in [3.63, 3.8) is 0 Å². The third kappa shape index (κ3) is 5.02. The Hall–Kier alpha value is -2.51. The van der Waals surface area contributed by atoms with Crippen molar-refractivity contribution in [1.29, 1.82) is 0 Å². The molecule has 7 heteroatoms. The van der Waals surface area contributed by atoms with Gasteiger partial charge in [0.05, 0.1) is 4.90 Å². The Kier molecular flexibility index (Phi) is 5.17. The standard InChI is InChI=1S/C20H23N3O3S/c1-14-8-10-15(11-9-14)12-18-21-19(26-22-18)16-6-5-7-17(13-16)27(24,25)23-20(2,3)4/h5-11,13,23H,12H2,1-4H3. The summed E-state index contributed by atoms with van der Waals surface area (Å²) in [5.74, 6) is 0.847. The summed E-state index contributed by atoms with van der Waals surface area (Å²) < 4.78 is 33.0. The van der Waals surface area contributed by atoms with Crippen LogP contribution in [0.4, 0.5) is 0 Å². The number of sulfonamides is 1. The van der Waals surface area contributed by atoms with Crippen molar-refractivity contribution >= 4 is 10.0 Å². The second-order valence-corrected chi connectivity index (χ2v) is 9.24. The molecular weight excluding hydrogens is 362 g/mol. The van der Waals surface area contributed by atoms with E-state index in [0.717, 1.165) is 5.56 Å². The summed E-state index contributed by atoms with van der Waals surface area (Å²) >= 11 is 0. The van der Waals surface area contributed by atoms with Gasteiger partial charge in [-0.25, -0.2) is 13.1 Å². The van der Waals surface area contributed by atoms with Gasteiger partial charge in [0.15, 0.2) is 5.82 Å². The summed E-state index contributed by atoms with van der Waals surface area (Å²) in [7, 11) is -3.63. The second kappa shape index (κ2) is 7.25. The van der Waals surface area contributed by atoms with E-state index in [9.17, 15) is 8.42 Å². The fraction of sp³-hybridized carbons (Fsp3) is 0.300. The molecule has 1 heterocycles. The number of hydrogen-bond donors (Lipinski definition) is 1. The molecule has 0 fully saturated rings. The van der Waals surface area contributed by atoms with E-state index in [-0.39, 0.29) is 4.90 Å². The van der Waals surface area contributed by atoms with Crippen molar-refractivity contribution < 1.29 is 12.9 Å². The van der Waals surface area contributed by atoms with Gasteiger partial charge >= 0.3 is 0 Å². The zero-order valence-corrected chi connectivity index (χ0v) is 16.7. The Morgan fingerprint density at radius 1 is 1.07 bits per heavy atom. The molecule has 0 bridgehead atoms. The normalized spacial score (nSPS) is 12.3. The molecule has 0 radical (unpaired) electrons. The number of benzene rings is 2. The van der Waals surface area contributed by atoms with E-state index >= 15 is 0 Å². The van der Waals surface area contributed by atoms with Crippen LogP contribution in [0.15, 0.2) is 57.9 Å². The molecule has 0 saturated heterocycles. The number of nitrogens with one attached hydrogen (secondary N) is 1. The van der Waals surface area contributed by atoms with Crippen molar-refractivity contribution in [1.82, 2.24) is 14.9 Å². The smallest absolute Gasteiger partial charge is 0.257 e. The number of nitrogens with zero attached hydrogens (tertiary/aromatic N) is 2. The molecule has 27 heavy (non-hydrogen) atoms. The molecule has 0 amide bonds. The van der Waals surface area contributed by atoms with Crippen LogP contribution in [0, 0.1) is 6.92 Å². The van der Waals surface area contributed by atoms with Crippen LogP contribution in [-0.4, -0.2) is 24.1 Å². The number of rotatable bonds is 5. The molecule has 0 unspecified atom stereocenters. The molecule has 0 saturated carbocycles. The van der Waals surface area contributed by atoms with Crippen LogP contribution in [0.1, 0.15) is 37.7 Å². The zero-order valence-electron chi connectivity index (χ0n) is 15.9. The van der Waals surface area contributed by atoms with Crippen molar-refractivity contribution in [3.8, 4) is 11.5 Å². The minimum Gasteiger partial charge on any atom is -0.334 e. The van der Waals surface area contributed by atoms with Gasteiger partial charge in [0.25, 0.3) is 5.89 Å². The first-order valence-corrected chi connectivity index (χ1v) is 10.1. The molecule has 3 aromatic rings. The summed E-state index contributed by atoms with van der Waals surface area (Å²) in [6.45, 7) is 7.42. The predicted molar refractivity (Wildman–Crippen MR) is 104 cm³/mol. The van der Waals surface area contributed by atoms with Gasteiger partial charge in [0.2, 0.25) is 10.0 Å². The first-order valence-electron chi connectivity index (χ1n) is 8.65. The zero-order chi connectivity index (χ0) is 19.7. The Morgan fingerprint density at radius 3 is 2.44 bits per heavy atom. The van der Waals surface area contributed by atoms with Crippen LogP contribution in [-0.2, 0) is 16.4 Å². The van der Waals surface area contributed by atoms with E-state index in [4.69, 9.17) is 4.52 Å². The molecule has 1 N–H and O–H groups in total. The summed E-state index contributed by atoms with van der Waals surface area (Å²) in [6, 6.07) is 14.6. The summed E-state index contributed by atoms with van der Waals surface area (Å²) in [4.78, 5) is 4.56. The highest BCUT2D eigenvalue weighted by Crippen LogP contribution is 2.22. The molecule has 1 aromatic heterocycles. The molecular formula is C20H23N3O3S. The molecule has 0 atom stereocenters. The van der Waals surface area contributed by atoms with Crippen LogP contribution in [0.2, 0.25) is 0 Å². The first kappa shape index (κ1) is 19.3. The van der Waals surface area contributed by atoms with Crippen LogP contribution < -0.4 is 4.72 Å². The number of aryl methyl sites for hydroxylation is 1. The minimum atomic E-state index is -3.63. The van der Waals surface area contributed by atoms with Crippen LogP contribution in [0.3, 0.4) is 0 Å². The van der Waals surface area contributed by atoms with Gasteiger partial charge in [-0.1, -0.05) is 41.1 Å². The van der Waals surface area contributed by atoms with E-state index in [2.05, 4.69) is 14.9 Å². The van der Waals surface area contributed by atoms with E-state index in [1.54, 1.807) is 39.0 Å². The van der Waals surface area contributed by atoms with Crippen molar-refractivity contribution in [2.45, 2.75) is 44.6 Å². The lowest BCUT2D eigenvalue weighted by Gasteiger charge is -2.20. The van der Waals surface area contributed by atoms with E-state index in [1.165, 1.54) is 11.6 Å². The fourth-order valence-corrected chi connectivity index (χ4v) is 4.05. The van der Waals surface area contributed by atoms with Gasteiger partial charge < -0.3 is 4.52 Å². The molecule has 6 nitrogen and oxygen atoms in total. The van der Waals surface area contributed by atoms with Gasteiger partial charge in [-0.05, 0) is 51.5 Å². The Balaban J connectivity index is 1.83. The molecule has 0 spiro atoms. The van der Waals surface area contributed by atoms with Crippen molar-refractivity contribution in [2.75, 3.05) is 0 Å². The van der Waals surface area contributed by atoms with Gasteiger partial charge in [0.1, 0.15) is 0 Å². The predicted octanol–water partition coefficient (Wildman–Crippen LogP) is 3.71. The molecule has 142 valence electrons. The molecule has 2 aromatic carbocycles. The maximum atomic E-state index is 12.5. The largest absolute Gasteiger partial charge is 0.334 e. The topological polar surface area (TPSA) is 85.1 Å². The highest BCUT2D eigenvalue weighted by molar-refractivity contribution is 7.89. The highest BCUT2D eigenvalue weighted by atomic mass is 32.2. The third-order valence-corrected chi connectivity index (χ3v) is 5.54. The van der Waals surface area contributed by atoms with Crippen molar-refractivity contribution in [3.05, 3.63) is 65.5 Å². The van der Waals surface area contributed by atoms with E-state index < -0.39 is 15.6 Å². The maximum absolute atomic E-state index is 12.5. The average Bonchev–Trinajstić information content (AvgIpc) is 3.04. The highest BCUT2D eigenvalue weighted by Gasteiger charge is 2.22. The van der Waals surface area contributed by atoms with E-state index in [1.807, 2.05) is 31.2 Å². The Labute approximate surface area is 159 Å². The minimum absolute atomic E-state index is 0.160. The summed E-state index contributed by atoms with van der Waals surface area (Å²) in [5.41, 5.74) is 2.27. The molecule has 3 rings (SSSR count). The number of aromatic nitrogens is 2. The Morgan fingerprint density at radius 2 is 1.78 bits per heavy atom. The van der Waals surface area contributed by atoms with E-state index in [0.29, 0.717) is 23.7 Å². The van der Waals surface area contributed by atoms with Crippen molar-refractivity contribution in [2.24, 2.45) is 0 Å². The maximum Gasteiger partial charge on any atom is 0.257 e. The lowest BCUT2D eigenvalue weighted by molar-refractivity contribution is 0.424. The van der Waals surface area contributed by atoms with Gasteiger partial charge in [0, 0.05) is 17.5 Å². The monoisotopic (exact) mass is 385 g/mol. The molecule has 0 aliphatic carbocycles. The Bertz CT molecular complexity index is 1030. The SMILES string of the molecule is Cc1ccc(Cc2noc(-c3cccc(S(=O)(=O)NC(C)(C)C)c3)n2)cc1. The summed E-state index contributed by atoms with van der Waals surface area (Å²) in [6.07, 6.45) is 0.549. The lowest BCUT2D eigenvalue weighted by Crippen LogP contribution is -2.40. The average molecular weight is 385 g/mol. The second-order valence-electron chi connectivity index (χ2n) is 7.56. The van der Waals surface area contributed by atoms with Gasteiger partial charge in [-0.3, -0.25) is 0 Å². The lowest BCUT2D eigenvalue weighted by atomic mass is 10.1. The van der Waals surface area contributed by atoms with Gasteiger partial charge in [-0.2, -0.15) is 4.98 Å². The molecule has 0 aliphatic rings. The third-order valence-electron chi connectivity index (χ3n) is 3.78. The van der Waals surface area contributed by atoms with Crippen LogP contribution in [0.25, 0.3) is 11.5 Å². The van der Waals surface area contributed by atoms with Crippen LogP contribution >= 0.6 is 0 Å². The fourth-order valence-electron chi connectivity index (χ4n) is 2.59. The van der Waals surface area contributed by atoms with Crippen LogP contribution in [0.5, 0.6) is 0 Å². The van der Waals surface area contributed by atoms with Gasteiger partial charge in [-0.15, -0.1) is 0 Å². The number of hydrogen-bond acceptors (Lipinski definition) is 5. The quantitative estimate of drug-likeness (QED) is 0.724. The first-order chi connectivity index (χ1) is 12.6. The molecule has 0 aliphatic heterocycles.